The molecule has 1 aromatic carbocycles. The van der Waals surface area contributed by atoms with E-state index in [-0.39, 0.29) is 5.75 Å². The van der Waals surface area contributed by atoms with E-state index in [1.807, 2.05) is 0 Å². The molecule has 0 amide bonds. The van der Waals surface area contributed by atoms with Crippen LogP contribution in [-0.2, 0) is 6.54 Å². The molecule has 1 N–H and O–H groups in total. The Kier molecular flexibility index (Phi) is 5.18. The van der Waals surface area contributed by atoms with Crippen LogP contribution in [0, 0.1) is 0 Å². The molecule has 112 valence electrons. The first-order valence-corrected chi connectivity index (χ1v) is 7.04. The van der Waals surface area contributed by atoms with Gasteiger partial charge in [-0.15, -0.1) is 0 Å². The Morgan fingerprint density at radius 2 is 2.20 bits per heavy atom. The van der Waals surface area contributed by atoms with E-state index >= 15 is 0 Å². The lowest BCUT2D eigenvalue weighted by Crippen LogP contribution is -2.53. The Bertz CT molecular complexity index is 459. The largest absolute Gasteiger partial charge is 0.434 e. The Morgan fingerprint density at radius 3 is 2.90 bits per heavy atom. The Balaban J connectivity index is 2.16. The molecule has 6 heteroatoms. The highest BCUT2D eigenvalue weighted by Crippen LogP contribution is 2.27. The van der Waals surface area contributed by atoms with Crippen molar-refractivity contribution in [3.8, 4) is 5.75 Å². The maximum absolute atomic E-state index is 12.4. The zero-order valence-electron chi connectivity index (χ0n) is 11.6. The minimum atomic E-state index is -2.82. The second-order valence-corrected chi connectivity index (χ2v) is 5.65. The van der Waals surface area contributed by atoms with Gasteiger partial charge in [0, 0.05) is 42.3 Å². The Hall–Kier alpha value is -0.910. The lowest BCUT2D eigenvalue weighted by atomic mass is 10.1. The van der Waals surface area contributed by atoms with Gasteiger partial charge in [-0.05, 0) is 32.0 Å². The van der Waals surface area contributed by atoms with E-state index in [1.165, 1.54) is 6.07 Å². The number of nitrogens with zero attached hydrogens (tertiary/aromatic N) is 1. The molecule has 0 bridgehead atoms. The summed E-state index contributed by atoms with van der Waals surface area (Å²) in [5.74, 6) is 0.197. The molecule has 1 aliphatic heterocycles. The van der Waals surface area contributed by atoms with E-state index in [0.29, 0.717) is 29.2 Å². The van der Waals surface area contributed by atoms with E-state index in [0.717, 1.165) is 13.1 Å². The van der Waals surface area contributed by atoms with Crippen LogP contribution >= 0.6 is 11.6 Å². The van der Waals surface area contributed by atoms with Gasteiger partial charge >= 0.3 is 6.61 Å². The molecule has 2 unspecified atom stereocenters. The average molecular weight is 305 g/mol. The van der Waals surface area contributed by atoms with Crippen molar-refractivity contribution < 1.29 is 13.5 Å². The number of rotatable bonds is 4. The summed E-state index contributed by atoms with van der Waals surface area (Å²) in [6.07, 6.45) is 0. The van der Waals surface area contributed by atoms with E-state index in [1.54, 1.807) is 12.1 Å². The molecule has 1 saturated heterocycles. The summed E-state index contributed by atoms with van der Waals surface area (Å²) in [7, 11) is 0. The van der Waals surface area contributed by atoms with Crippen LogP contribution in [-0.4, -0.2) is 36.7 Å². The van der Waals surface area contributed by atoms with Crippen molar-refractivity contribution in [3.05, 3.63) is 28.8 Å². The standard InChI is InChI=1S/C14H19ClF2N2O/c1-9-7-19(10(2)6-18-9)8-11-5-12(15)3-4-13(11)20-14(16)17/h3-5,9-10,14,18H,6-8H2,1-2H3. The number of alkyl halides is 2. The van der Waals surface area contributed by atoms with E-state index in [9.17, 15) is 8.78 Å². The van der Waals surface area contributed by atoms with Gasteiger partial charge in [-0.25, -0.2) is 0 Å². The molecule has 0 spiro atoms. The molecule has 1 fully saturated rings. The lowest BCUT2D eigenvalue weighted by Gasteiger charge is -2.37. The molecule has 0 radical (unpaired) electrons. The summed E-state index contributed by atoms with van der Waals surface area (Å²) < 4.78 is 29.4. The molecular formula is C14H19ClF2N2O. The Morgan fingerprint density at radius 1 is 1.45 bits per heavy atom. The summed E-state index contributed by atoms with van der Waals surface area (Å²) >= 11 is 5.96. The van der Waals surface area contributed by atoms with Gasteiger partial charge in [0.2, 0.25) is 0 Å². The van der Waals surface area contributed by atoms with Crippen LogP contribution in [0.25, 0.3) is 0 Å². The zero-order chi connectivity index (χ0) is 14.7. The third-order valence-electron chi connectivity index (χ3n) is 3.51. The van der Waals surface area contributed by atoms with Crippen molar-refractivity contribution in [1.82, 2.24) is 10.2 Å². The zero-order valence-corrected chi connectivity index (χ0v) is 12.3. The van der Waals surface area contributed by atoms with Gasteiger partial charge in [0.05, 0.1) is 0 Å². The average Bonchev–Trinajstić information content (AvgIpc) is 2.37. The van der Waals surface area contributed by atoms with Crippen LogP contribution in [0.3, 0.4) is 0 Å². The number of hydrogen-bond donors (Lipinski definition) is 1. The fourth-order valence-electron chi connectivity index (χ4n) is 2.42. The van der Waals surface area contributed by atoms with Crippen LogP contribution in [0.1, 0.15) is 19.4 Å². The third-order valence-corrected chi connectivity index (χ3v) is 3.74. The normalized spacial score (nSPS) is 24.1. The van der Waals surface area contributed by atoms with Crippen LogP contribution in [0.15, 0.2) is 18.2 Å². The van der Waals surface area contributed by atoms with Crippen molar-refractivity contribution in [2.75, 3.05) is 13.1 Å². The maximum Gasteiger partial charge on any atom is 0.387 e. The van der Waals surface area contributed by atoms with Crippen molar-refractivity contribution >= 4 is 11.6 Å². The number of halogens is 3. The van der Waals surface area contributed by atoms with Gasteiger partial charge in [-0.2, -0.15) is 8.78 Å². The molecule has 3 nitrogen and oxygen atoms in total. The summed E-state index contributed by atoms with van der Waals surface area (Å²) in [6.45, 7) is 3.68. The van der Waals surface area contributed by atoms with Gasteiger partial charge in [0.25, 0.3) is 0 Å². The van der Waals surface area contributed by atoms with Crippen LogP contribution in [0.5, 0.6) is 5.75 Å². The van der Waals surface area contributed by atoms with Crippen molar-refractivity contribution in [1.29, 1.82) is 0 Å². The van der Waals surface area contributed by atoms with Crippen molar-refractivity contribution in [3.63, 3.8) is 0 Å². The van der Waals surface area contributed by atoms with E-state index in [2.05, 4.69) is 28.8 Å². The molecule has 0 aliphatic carbocycles. The highest BCUT2D eigenvalue weighted by molar-refractivity contribution is 6.30. The molecule has 2 atom stereocenters. The second kappa shape index (κ2) is 6.70. The highest BCUT2D eigenvalue weighted by atomic mass is 35.5. The van der Waals surface area contributed by atoms with Crippen LogP contribution in [0.2, 0.25) is 5.02 Å². The molecule has 1 aliphatic rings. The number of ether oxygens (including phenoxy) is 1. The Labute approximate surface area is 122 Å². The van der Waals surface area contributed by atoms with Gasteiger partial charge in [-0.3, -0.25) is 4.90 Å². The summed E-state index contributed by atoms with van der Waals surface area (Å²) in [5.41, 5.74) is 0.693. The van der Waals surface area contributed by atoms with Crippen LogP contribution in [0.4, 0.5) is 8.78 Å². The van der Waals surface area contributed by atoms with Gasteiger partial charge < -0.3 is 10.1 Å². The molecule has 1 heterocycles. The van der Waals surface area contributed by atoms with Gasteiger partial charge in [-0.1, -0.05) is 11.6 Å². The topological polar surface area (TPSA) is 24.5 Å². The SMILES string of the molecule is CC1CN(Cc2cc(Cl)ccc2OC(F)F)C(C)CN1. The minimum Gasteiger partial charge on any atom is -0.434 e. The summed E-state index contributed by atoms with van der Waals surface area (Å²) in [6, 6.07) is 5.47. The molecule has 0 saturated carbocycles. The van der Waals surface area contributed by atoms with Crippen molar-refractivity contribution in [2.24, 2.45) is 0 Å². The summed E-state index contributed by atoms with van der Waals surface area (Å²) in [5, 5.41) is 3.91. The number of piperazine rings is 1. The third kappa shape index (κ3) is 4.04. The first-order chi connectivity index (χ1) is 9.45. The van der Waals surface area contributed by atoms with Gasteiger partial charge in [0.15, 0.2) is 0 Å². The molecule has 1 aromatic rings. The number of benzene rings is 1. The highest BCUT2D eigenvalue weighted by Gasteiger charge is 2.23. The lowest BCUT2D eigenvalue weighted by molar-refractivity contribution is -0.0509. The smallest absolute Gasteiger partial charge is 0.387 e. The van der Waals surface area contributed by atoms with Gasteiger partial charge in [0.1, 0.15) is 5.75 Å². The first kappa shape index (κ1) is 15.5. The molecule has 20 heavy (non-hydrogen) atoms. The maximum atomic E-state index is 12.4. The fourth-order valence-corrected chi connectivity index (χ4v) is 2.61. The minimum absolute atomic E-state index is 0.197. The van der Waals surface area contributed by atoms with Crippen LogP contribution < -0.4 is 10.1 Å². The van der Waals surface area contributed by atoms with E-state index < -0.39 is 6.61 Å². The van der Waals surface area contributed by atoms with Crippen molar-refractivity contribution in [2.45, 2.75) is 39.1 Å². The quantitative estimate of drug-likeness (QED) is 0.925. The number of hydrogen-bond acceptors (Lipinski definition) is 3. The second-order valence-electron chi connectivity index (χ2n) is 5.22. The molecule has 0 aromatic heterocycles. The predicted molar refractivity (Wildman–Crippen MR) is 75.4 cm³/mol. The fraction of sp³-hybridized carbons (Fsp3) is 0.571. The summed E-state index contributed by atoms with van der Waals surface area (Å²) in [4.78, 5) is 2.24. The van der Waals surface area contributed by atoms with E-state index in [4.69, 9.17) is 11.6 Å². The molecular weight excluding hydrogens is 286 g/mol. The number of nitrogens with one attached hydrogen (secondary N) is 1. The predicted octanol–water partition coefficient (Wildman–Crippen LogP) is 3.12. The first-order valence-electron chi connectivity index (χ1n) is 6.66. The molecule has 2 rings (SSSR count). The monoisotopic (exact) mass is 304 g/mol.